The average molecular weight is 625 g/mol. The van der Waals surface area contributed by atoms with Gasteiger partial charge in [0.15, 0.2) is 0 Å². The van der Waals surface area contributed by atoms with E-state index in [1.165, 1.54) is 154 Å². The number of unbranched alkanes of at least 4 members (excludes halogenated alkanes) is 26. The van der Waals surface area contributed by atoms with Crippen molar-refractivity contribution in [2.24, 2.45) is 0 Å². The van der Waals surface area contributed by atoms with E-state index >= 15 is 0 Å². The Balaban J connectivity index is -0.000000309. The van der Waals surface area contributed by atoms with Crippen molar-refractivity contribution in [3.05, 3.63) is 6.92 Å². The molecule has 0 aliphatic heterocycles. The summed E-state index contributed by atoms with van der Waals surface area (Å²) >= 11 is 0. The van der Waals surface area contributed by atoms with E-state index in [1.54, 1.807) is 0 Å². The molecule has 0 aromatic rings. The van der Waals surface area contributed by atoms with Crippen molar-refractivity contribution in [2.75, 3.05) is 6.61 Å². The molecule has 0 heterocycles. The third kappa shape index (κ3) is 54.3. The Morgan fingerprint density at radius 3 is 0.974 bits per heavy atom. The molecule has 226 valence electrons. The van der Waals surface area contributed by atoms with Crippen LogP contribution in [0.5, 0.6) is 0 Å². The van der Waals surface area contributed by atoms with Crippen LogP contribution in [-0.4, -0.2) is 11.5 Å². The van der Waals surface area contributed by atoms with Gasteiger partial charge in [-0.15, -0.1) is 0 Å². The summed E-state index contributed by atoms with van der Waals surface area (Å²) in [5.41, 5.74) is 0. The zero-order chi connectivity index (χ0) is 27.7. The van der Waals surface area contributed by atoms with Gasteiger partial charge in [0.2, 0.25) is 0 Å². The third-order valence-electron chi connectivity index (χ3n) is 7.11. The van der Waals surface area contributed by atoms with Crippen LogP contribution in [0, 0.1) is 6.92 Å². The second-order valence-corrected chi connectivity index (χ2v) is 12.2. The molecule has 0 bridgehead atoms. The minimum absolute atomic E-state index is 0. The van der Waals surface area contributed by atoms with Gasteiger partial charge in [-0.25, -0.2) is 0 Å². The van der Waals surface area contributed by atoms with Crippen molar-refractivity contribution < 1.29 is 122 Å². The quantitative estimate of drug-likeness (QED) is 0.0534. The van der Waals surface area contributed by atoms with Gasteiger partial charge >= 0.3 is 103 Å². The van der Waals surface area contributed by atoms with Crippen molar-refractivity contribution in [1.82, 2.24) is 0 Å². The first-order valence-electron chi connectivity index (χ1n) is 16.5. The molecule has 0 aliphatic rings. The van der Waals surface area contributed by atoms with Crippen LogP contribution >= 0.6 is 7.82 Å². The SMILES string of the molecule is CCCCCCCCCCCCCCCCOP(=O)([O-])O.[CH2-]CCCCCCCCCCCCCCC.[K+].[K+]. The third-order valence-corrected chi connectivity index (χ3v) is 7.61. The summed E-state index contributed by atoms with van der Waals surface area (Å²) in [7, 11) is -4.50. The molecular formula is C32H67K2O4P. The van der Waals surface area contributed by atoms with Crippen molar-refractivity contribution >= 4 is 7.82 Å². The molecule has 7 heteroatoms. The maximum absolute atomic E-state index is 10.3. The minimum Gasteiger partial charge on any atom is -0.756 e. The van der Waals surface area contributed by atoms with E-state index in [-0.39, 0.29) is 109 Å². The van der Waals surface area contributed by atoms with Gasteiger partial charge in [-0.05, 0) is 6.42 Å². The molecule has 1 atom stereocenters. The molecule has 0 rings (SSSR count). The second-order valence-electron chi connectivity index (χ2n) is 11.0. The Morgan fingerprint density at radius 1 is 0.513 bits per heavy atom. The molecular weight excluding hydrogens is 558 g/mol. The molecule has 0 aliphatic carbocycles. The molecule has 0 aromatic heterocycles. The fourth-order valence-electron chi connectivity index (χ4n) is 4.67. The van der Waals surface area contributed by atoms with Crippen molar-refractivity contribution in [2.45, 2.75) is 194 Å². The zero-order valence-corrected chi connectivity index (χ0v) is 34.5. The van der Waals surface area contributed by atoms with Gasteiger partial charge in [0, 0.05) is 0 Å². The number of phosphoric acid groups is 1. The molecule has 39 heavy (non-hydrogen) atoms. The van der Waals surface area contributed by atoms with Crippen molar-refractivity contribution in [3.63, 3.8) is 0 Å². The first-order valence-corrected chi connectivity index (χ1v) is 17.9. The van der Waals surface area contributed by atoms with Gasteiger partial charge in [-0.2, -0.15) is 6.42 Å². The maximum atomic E-state index is 10.3. The number of hydrogen-bond donors (Lipinski definition) is 1. The predicted octanol–water partition coefficient (Wildman–Crippen LogP) is 5.25. The Hall–Kier alpha value is 3.38. The molecule has 0 amide bonds. The van der Waals surface area contributed by atoms with Crippen LogP contribution in [0.2, 0.25) is 0 Å². The van der Waals surface area contributed by atoms with Crippen LogP contribution in [0.25, 0.3) is 0 Å². The Labute approximate surface area is 331 Å². The standard InChI is InChI=1S/C16H35O4P.C16H33.2K/c1-2-3-4-5-6-7-8-9-10-11-12-13-14-15-16-20-21(17,18)19;1-3-5-7-9-11-13-15-16-14-12-10-8-6-4-2;;/h2-16H2,1H3,(H2,17,18,19);1,3-16H2,2H3;;/q;-1;2*+1/p-1. The van der Waals surface area contributed by atoms with Gasteiger partial charge in [-0.3, -0.25) is 4.57 Å². The first kappa shape index (κ1) is 49.3. The summed E-state index contributed by atoms with van der Waals surface area (Å²) in [6.45, 7) is 8.52. The monoisotopic (exact) mass is 624 g/mol. The van der Waals surface area contributed by atoms with Gasteiger partial charge < -0.3 is 21.2 Å². The van der Waals surface area contributed by atoms with E-state index in [0.29, 0.717) is 6.42 Å². The fraction of sp³-hybridized carbons (Fsp3) is 0.969. The zero-order valence-electron chi connectivity index (χ0n) is 27.3. The first-order chi connectivity index (χ1) is 18.0. The topological polar surface area (TPSA) is 69.6 Å². The number of phosphoric ester groups is 1. The van der Waals surface area contributed by atoms with Crippen LogP contribution < -0.4 is 108 Å². The summed E-state index contributed by atoms with van der Waals surface area (Å²) in [4.78, 5) is 18.7. The Bertz CT molecular complexity index is 436. The summed E-state index contributed by atoms with van der Waals surface area (Å²) < 4.78 is 14.6. The molecule has 0 saturated heterocycles. The van der Waals surface area contributed by atoms with Crippen LogP contribution in [0.15, 0.2) is 0 Å². The van der Waals surface area contributed by atoms with E-state index in [2.05, 4.69) is 25.3 Å². The van der Waals surface area contributed by atoms with Crippen LogP contribution in [-0.2, 0) is 9.09 Å². The van der Waals surface area contributed by atoms with Gasteiger partial charge in [0.05, 0.1) is 6.61 Å². The number of rotatable bonds is 29. The van der Waals surface area contributed by atoms with E-state index in [9.17, 15) is 9.46 Å². The molecule has 0 spiro atoms. The summed E-state index contributed by atoms with van der Waals surface area (Å²) in [5.74, 6) is 0. The Kier molecular flexibility index (Phi) is 55.0. The Morgan fingerprint density at radius 2 is 0.744 bits per heavy atom. The molecule has 4 nitrogen and oxygen atoms in total. The van der Waals surface area contributed by atoms with Gasteiger partial charge in [0.1, 0.15) is 0 Å². The number of hydrogen-bond acceptors (Lipinski definition) is 3. The maximum Gasteiger partial charge on any atom is 1.00 e. The predicted molar refractivity (Wildman–Crippen MR) is 162 cm³/mol. The van der Waals surface area contributed by atoms with Crippen LogP contribution in [0.3, 0.4) is 0 Å². The van der Waals surface area contributed by atoms with E-state index in [1.807, 2.05) is 0 Å². The summed E-state index contributed by atoms with van der Waals surface area (Å²) in [6.07, 6.45) is 37.4. The molecule has 0 saturated carbocycles. The van der Waals surface area contributed by atoms with Crippen LogP contribution in [0.4, 0.5) is 0 Å². The smallest absolute Gasteiger partial charge is 0.756 e. The van der Waals surface area contributed by atoms with E-state index in [0.717, 1.165) is 19.3 Å². The molecule has 0 aromatic carbocycles. The second kappa shape index (κ2) is 43.5. The molecule has 0 fully saturated rings. The molecule has 1 unspecified atom stereocenters. The van der Waals surface area contributed by atoms with Gasteiger partial charge in [-0.1, -0.05) is 181 Å². The van der Waals surface area contributed by atoms with Gasteiger partial charge in [0.25, 0.3) is 7.82 Å². The van der Waals surface area contributed by atoms with Crippen LogP contribution in [0.1, 0.15) is 194 Å². The largest absolute Gasteiger partial charge is 1.00 e. The summed E-state index contributed by atoms with van der Waals surface area (Å²) in [6, 6.07) is 0. The summed E-state index contributed by atoms with van der Waals surface area (Å²) in [5, 5.41) is 0. The molecule has 0 radical (unpaired) electrons. The normalized spacial score (nSPS) is 12.1. The van der Waals surface area contributed by atoms with Crippen molar-refractivity contribution in [1.29, 1.82) is 0 Å². The fourth-order valence-corrected chi connectivity index (χ4v) is 5.03. The van der Waals surface area contributed by atoms with E-state index < -0.39 is 7.82 Å². The molecule has 1 N–H and O–H groups in total. The van der Waals surface area contributed by atoms with E-state index in [4.69, 9.17) is 4.89 Å². The van der Waals surface area contributed by atoms with Crippen molar-refractivity contribution in [3.8, 4) is 0 Å². The average Bonchev–Trinajstić information content (AvgIpc) is 2.87. The minimum atomic E-state index is -4.50.